The van der Waals surface area contributed by atoms with E-state index in [1.807, 2.05) is 46.9 Å². The van der Waals surface area contributed by atoms with Gasteiger partial charge in [0.25, 0.3) is 0 Å². The van der Waals surface area contributed by atoms with Crippen LogP contribution in [0.3, 0.4) is 0 Å². The van der Waals surface area contributed by atoms with Crippen LogP contribution in [0.5, 0.6) is 11.5 Å². The molecule has 1 fully saturated rings. The fourth-order valence-electron chi connectivity index (χ4n) is 3.89. The van der Waals surface area contributed by atoms with E-state index in [0.717, 1.165) is 47.6 Å². The second kappa shape index (κ2) is 7.67. The zero-order valence-corrected chi connectivity index (χ0v) is 16.4. The predicted molar refractivity (Wildman–Crippen MR) is 111 cm³/mol. The van der Waals surface area contributed by atoms with Crippen LogP contribution in [-0.2, 0) is 0 Å². The second-order valence-corrected chi connectivity index (χ2v) is 7.25. The summed E-state index contributed by atoms with van der Waals surface area (Å²) < 4.78 is 13.5. The van der Waals surface area contributed by atoms with Gasteiger partial charge in [-0.15, -0.1) is 10.2 Å². The lowest BCUT2D eigenvalue weighted by atomic mass is 10.2. The van der Waals surface area contributed by atoms with Crippen LogP contribution in [0.2, 0.25) is 0 Å². The highest BCUT2D eigenvalue weighted by Crippen LogP contribution is 2.33. The first-order chi connectivity index (χ1) is 14.3. The van der Waals surface area contributed by atoms with Gasteiger partial charge in [-0.05, 0) is 32.0 Å². The molecule has 7 nitrogen and oxygen atoms in total. The quantitative estimate of drug-likeness (QED) is 0.503. The van der Waals surface area contributed by atoms with Gasteiger partial charge in [0.15, 0.2) is 23.0 Å². The number of hydrogen-bond acceptors (Lipinski definition) is 6. The summed E-state index contributed by atoms with van der Waals surface area (Å²) in [5, 5.41) is 9.68. The third kappa shape index (κ3) is 3.38. The zero-order valence-electron chi connectivity index (χ0n) is 16.4. The molecule has 0 unspecified atom stereocenters. The molecule has 4 aromatic rings. The monoisotopic (exact) mass is 389 g/mol. The van der Waals surface area contributed by atoms with Crippen molar-refractivity contribution in [3.8, 4) is 22.9 Å². The number of hydrogen-bond donors (Lipinski definition) is 0. The Labute approximate surface area is 168 Å². The van der Waals surface area contributed by atoms with E-state index >= 15 is 0 Å². The Morgan fingerprint density at radius 2 is 1.83 bits per heavy atom. The second-order valence-electron chi connectivity index (χ2n) is 7.25. The average molecular weight is 389 g/mol. The Bertz CT molecular complexity index is 1140. The highest BCUT2D eigenvalue weighted by Gasteiger charge is 2.16. The van der Waals surface area contributed by atoms with Gasteiger partial charge in [-0.1, -0.05) is 30.3 Å². The van der Waals surface area contributed by atoms with Gasteiger partial charge in [0.2, 0.25) is 0 Å². The zero-order chi connectivity index (χ0) is 19.6. The lowest BCUT2D eigenvalue weighted by Crippen LogP contribution is -2.25. The minimum absolute atomic E-state index is 0.632. The molecule has 0 radical (unpaired) electrons. The van der Waals surface area contributed by atoms with E-state index in [-0.39, 0.29) is 0 Å². The summed E-state index contributed by atoms with van der Waals surface area (Å²) in [5.41, 5.74) is 2.55. The van der Waals surface area contributed by atoms with Crippen molar-refractivity contribution in [3.63, 3.8) is 0 Å². The van der Waals surface area contributed by atoms with Gasteiger partial charge in [0.1, 0.15) is 12.9 Å². The third-order valence-corrected chi connectivity index (χ3v) is 5.43. The molecule has 7 heteroatoms. The van der Waals surface area contributed by atoms with E-state index in [2.05, 4.69) is 20.1 Å². The third-order valence-electron chi connectivity index (χ3n) is 5.43. The highest BCUT2D eigenvalue weighted by molar-refractivity contribution is 5.94. The lowest BCUT2D eigenvalue weighted by molar-refractivity contribution is 0.230. The molecule has 0 aliphatic carbocycles. The molecule has 0 amide bonds. The minimum Gasteiger partial charge on any atom is -0.493 e. The summed E-state index contributed by atoms with van der Waals surface area (Å²) in [6, 6.07) is 13.8. The van der Waals surface area contributed by atoms with Gasteiger partial charge in [-0.2, -0.15) is 0 Å². The Kier molecular flexibility index (Phi) is 4.73. The van der Waals surface area contributed by atoms with Crippen LogP contribution in [0.1, 0.15) is 12.8 Å². The summed E-state index contributed by atoms with van der Waals surface area (Å²) in [6.45, 7) is 3.88. The molecule has 1 aliphatic heterocycles. The molecule has 5 rings (SSSR count). The fourth-order valence-corrected chi connectivity index (χ4v) is 3.89. The largest absolute Gasteiger partial charge is 0.493 e. The maximum atomic E-state index is 6.04. The lowest BCUT2D eigenvalue weighted by Gasteiger charge is -2.16. The van der Waals surface area contributed by atoms with Gasteiger partial charge in [0, 0.05) is 23.6 Å². The molecule has 29 heavy (non-hydrogen) atoms. The van der Waals surface area contributed by atoms with Crippen LogP contribution in [0.4, 0.5) is 0 Å². The van der Waals surface area contributed by atoms with Crippen LogP contribution >= 0.6 is 0 Å². The van der Waals surface area contributed by atoms with Crippen molar-refractivity contribution in [2.75, 3.05) is 33.4 Å². The molecular weight excluding hydrogens is 366 g/mol. The molecule has 3 heterocycles. The fraction of sp³-hybridized carbons (Fsp3) is 0.318. The van der Waals surface area contributed by atoms with Crippen molar-refractivity contribution in [1.82, 2.24) is 24.5 Å². The Morgan fingerprint density at radius 1 is 1.00 bits per heavy atom. The topological polar surface area (TPSA) is 64.8 Å². The van der Waals surface area contributed by atoms with Gasteiger partial charge < -0.3 is 9.47 Å². The molecule has 0 spiro atoms. The van der Waals surface area contributed by atoms with E-state index in [1.165, 1.54) is 12.8 Å². The molecule has 148 valence electrons. The number of likely N-dealkylation sites (tertiary alicyclic amines) is 1. The van der Waals surface area contributed by atoms with Crippen molar-refractivity contribution in [2.45, 2.75) is 12.8 Å². The molecule has 2 aromatic heterocycles. The summed E-state index contributed by atoms with van der Waals surface area (Å²) in [7, 11) is 1.65. The van der Waals surface area contributed by atoms with Crippen molar-refractivity contribution in [3.05, 3.63) is 48.8 Å². The Balaban J connectivity index is 1.49. The number of aromatic nitrogens is 4. The minimum atomic E-state index is 0.632. The number of benzene rings is 2. The van der Waals surface area contributed by atoms with Gasteiger partial charge in [-0.25, -0.2) is 4.98 Å². The van der Waals surface area contributed by atoms with Crippen LogP contribution in [0.15, 0.2) is 48.8 Å². The molecule has 2 aromatic carbocycles. The molecule has 0 N–H and O–H groups in total. The number of fused-ring (bicyclic) bond motifs is 3. The van der Waals surface area contributed by atoms with Crippen LogP contribution in [-0.4, -0.2) is 57.8 Å². The summed E-state index contributed by atoms with van der Waals surface area (Å²) in [4.78, 5) is 7.05. The van der Waals surface area contributed by atoms with E-state index < -0.39 is 0 Å². The maximum Gasteiger partial charge on any atom is 0.171 e. The molecule has 0 atom stereocenters. The van der Waals surface area contributed by atoms with Crippen LogP contribution < -0.4 is 9.47 Å². The highest BCUT2D eigenvalue weighted by atomic mass is 16.5. The first-order valence-corrected chi connectivity index (χ1v) is 9.95. The predicted octanol–water partition coefficient (Wildman–Crippen LogP) is 3.43. The number of methoxy groups -OCH3 is 1. The summed E-state index contributed by atoms with van der Waals surface area (Å²) in [5.74, 6) is 2.15. The first kappa shape index (κ1) is 17.9. The van der Waals surface area contributed by atoms with Crippen molar-refractivity contribution in [1.29, 1.82) is 0 Å². The van der Waals surface area contributed by atoms with E-state index in [0.29, 0.717) is 18.1 Å². The van der Waals surface area contributed by atoms with Crippen molar-refractivity contribution in [2.24, 2.45) is 0 Å². The van der Waals surface area contributed by atoms with E-state index in [4.69, 9.17) is 9.47 Å². The normalized spacial score (nSPS) is 14.7. The van der Waals surface area contributed by atoms with Crippen molar-refractivity contribution < 1.29 is 9.47 Å². The summed E-state index contributed by atoms with van der Waals surface area (Å²) in [6.07, 6.45) is 4.32. The Hall–Kier alpha value is -3.19. The smallest absolute Gasteiger partial charge is 0.171 e. The van der Waals surface area contributed by atoms with Crippen LogP contribution in [0, 0.1) is 0 Å². The van der Waals surface area contributed by atoms with Gasteiger partial charge >= 0.3 is 0 Å². The molecule has 0 bridgehead atoms. The maximum absolute atomic E-state index is 6.04. The number of nitrogens with zero attached hydrogens (tertiary/aromatic N) is 5. The first-order valence-electron chi connectivity index (χ1n) is 9.95. The molecular formula is C22H23N5O2. The van der Waals surface area contributed by atoms with E-state index in [9.17, 15) is 0 Å². The SMILES string of the molecule is COc1cc2c(cc1OCCN1CCCC1)ncn1c(-c3ccccc3)nnc21. The average Bonchev–Trinajstić information content (AvgIpc) is 3.43. The molecule has 1 aliphatic rings. The standard InChI is InChI=1S/C22H23N5O2/c1-28-19-13-17-18(14-20(19)29-12-11-26-9-5-6-10-26)23-15-27-21(24-25-22(17)27)16-7-3-2-4-8-16/h2-4,7-8,13-15H,5-6,9-12H2,1H3. The molecule has 0 saturated carbocycles. The van der Waals surface area contributed by atoms with Crippen molar-refractivity contribution >= 4 is 16.6 Å². The van der Waals surface area contributed by atoms with E-state index in [1.54, 1.807) is 13.4 Å². The van der Waals surface area contributed by atoms with Gasteiger partial charge in [0.05, 0.1) is 12.6 Å². The molecule has 1 saturated heterocycles. The van der Waals surface area contributed by atoms with Crippen LogP contribution in [0.25, 0.3) is 27.9 Å². The Morgan fingerprint density at radius 3 is 2.62 bits per heavy atom. The number of rotatable bonds is 6. The summed E-state index contributed by atoms with van der Waals surface area (Å²) >= 11 is 0. The van der Waals surface area contributed by atoms with Gasteiger partial charge in [-0.3, -0.25) is 9.30 Å². The number of ether oxygens (including phenoxy) is 2.